The number of alkyl halides is 3. The standard InChI is InChI=1S/C14H18F3NO3/c1-2-20-13(19)7-8-18-9-11-3-5-12(6-4-11)21-10-14(15,16)17/h3-6,18H,2,7-10H2,1H3. The van der Waals surface area contributed by atoms with Gasteiger partial charge in [-0.05, 0) is 24.6 Å². The van der Waals surface area contributed by atoms with Crippen molar-refractivity contribution in [2.24, 2.45) is 0 Å². The van der Waals surface area contributed by atoms with Crippen molar-refractivity contribution in [2.45, 2.75) is 26.1 Å². The first-order valence-electron chi connectivity index (χ1n) is 6.55. The molecule has 1 N–H and O–H groups in total. The van der Waals surface area contributed by atoms with Crippen LogP contribution in [-0.2, 0) is 16.1 Å². The van der Waals surface area contributed by atoms with Crippen molar-refractivity contribution < 1.29 is 27.4 Å². The van der Waals surface area contributed by atoms with Crippen LogP contribution in [0.15, 0.2) is 24.3 Å². The van der Waals surface area contributed by atoms with Crippen LogP contribution < -0.4 is 10.1 Å². The molecule has 1 aromatic rings. The average Bonchev–Trinajstić information content (AvgIpc) is 2.42. The quantitative estimate of drug-likeness (QED) is 0.592. The summed E-state index contributed by atoms with van der Waals surface area (Å²) in [6, 6.07) is 6.30. The van der Waals surface area contributed by atoms with E-state index in [9.17, 15) is 18.0 Å². The molecule has 1 aromatic carbocycles. The van der Waals surface area contributed by atoms with Crippen LogP contribution in [0.2, 0.25) is 0 Å². The third-order valence-corrected chi connectivity index (χ3v) is 2.47. The molecule has 0 unspecified atom stereocenters. The van der Waals surface area contributed by atoms with Gasteiger partial charge in [0.15, 0.2) is 6.61 Å². The van der Waals surface area contributed by atoms with E-state index >= 15 is 0 Å². The number of rotatable bonds is 8. The van der Waals surface area contributed by atoms with E-state index in [2.05, 4.69) is 10.1 Å². The Labute approximate surface area is 121 Å². The minimum atomic E-state index is -4.34. The second kappa shape index (κ2) is 8.51. The zero-order valence-electron chi connectivity index (χ0n) is 11.7. The van der Waals surface area contributed by atoms with Crippen LogP contribution in [0.25, 0.3) is 0 Å². The second-order valence-electron chi connectivity index (χ2n) is 4.28. The maximum absolute atomic E-state index is 12.0. The molecule has 7 heteroatoms. The van der Waals surface area contributed by atoms with Crippen LogP contribution in [0.4, 0.5) is 13.2 Å². The van der Waals surface area contributed by atoms with Gasteiger partial charge in [0.05, 0.1) is 13.0 Å². The number of halogens is 3. The topological polar surface area (TPSA) is 47.6 Å². The summed E-state index contributed by atoms with van der Waals surface area (Å²) in [5.74, 6) is -0.0940. The highest BCUT2D eigenvalue weighted by molar-refractivity contribution is 5.69. The number of carbonyl (C=O) groups is 1. The average molecular weight is 305 g/mol. The van der Waals surface area contributed by atoms with Gasteiger partial charge in [-0.25, -0.2) is 0 Å². The van der Waals surface area contributed by atoms with Gasteiger partial charge in [0.2, 0.25) is 0 Å². The smallest absolute Gasteiger partial charge is 0.422 e. The second-order valence-corrected chi connectivity index (χ2v) is 4.28. The summed E-state index contributed by atoms with van der Waals surface area (Å²) in [4.78, 5) is 11.1. The molecule has 0 bridgehead atoms. The van der Waals surface area contributed by atoms with Gasteiger partial charge >= 0.3 is 12.1 Å². The Bertz CT molecular complexity index is 432. The van der Waals surface area contributed by atoms with Gasteiger partial charge in [0.25, 0.3) is 0 Å². The van der Waals surface area contributed by atoms with Crippen LogP contribution in [0.5, 0.6) is 5.75 Å². The first-order chi connectivity index (χ1) is 9.90. The number of esters is 1. The maximum Gasteiger partial charge on any atom is 0.422 e. The molecular formula is C14H18F3NO3. The van der Waals surface area contributed by atoms with E-state index in [0.29, 0.717) is 19.7 Å². The van der Waals surface area contributed by atoms with Gasteiger partial charge < -0.3 is 14.8 Å². The summed E-state index contributed by atoms with van der Waals surface area (Å²) in [5, 5.41) is 3.05. The highest BCUT2D eigenvalue weighted by atomic mass is 19.4. The molecule has 4 nitrogen and oxygen atoms in total. The Balaban J connectivity index is 2.26. The van der Waals surface area contributed by atoms with Gasteiger partial charge in [0.1, 0.15) is 5.75 Å². The maximum atomic E-state index is 12.0. The van der Waals surface area contributed by atoms with Gasteiger partial charge in [-0.3, -0.25) is 4.79 Å². The Morgan fingerprint density at radius 3 is 2.48 bits per heavy atom. The van der Waals surface area contributed by atoms with E-state index in [0.717, 1.165) is 5.56 Å². The van der Waals surface area contributed by atoms with E-state index in [1.54, 1.807) is 19.1 Å². The van der Waals surface area contributed by atoms with Crippen molar-refractivity contribution in [3.63, 3.8) is 0 Å². The number of hydrogen-bond acceptors (Lipinski definition) is 4. The summed E-state index contributed by atoms with van der Waals surface area (Å²) < 4.78 is 45.3. The van der Waals surface area contributed by atoms with Gasteiger partial charge in [-0.2, -0.15) is 13.2 Å². The van der Waals surface area contributed by atoms with Gasteiger partial charge in [-0.1, -0.05) is 12.1 Å². The predicted molar refractivity (Wildman–Crippen MR) is 70.9 cm³/mol. The lowest BCUT2D eigenvalue weighted by Gasteiger charge is -2.10. The first-order valence-corrected chi connectivity index (χ1v) is 6.55. The number of hydrogen-bond donors (Lipinski definition) is 1. The van der Waals surface area contributed by atoms with E-state index in [1.165, 1.54) is 12.1 Å². The monoisotopic (exact) mass is 305 g/mol. The molecule has 0 radical (unpaired) electrons. The molecule has 0 atom stereocenters. The minimum absolute atomic E-state index is 0.169. The SMILES string of the molecule is CCOC(=O)CCNCc1ccc(OCC(F)(F)F)cc1. The normalized spacial score (nSPS) is 11.2. The number of benzene rings is 1. The molecule has 0 aliphatic rings. The lowest BCUT2D eigenvalue weighted by molar-refractivity contribution is -0.153. The molecule has 0 spiro atoms. The fourth-order valence-corrected chi connectivity index (χ4v) is 1.53. The molecule has 0 aromatic heterocycles. The molecule has 118 valence electrons. The molecule has 0 saturated carbocycles. The van der Waals surface area contributed by atoms with Gasteiger partial charge in [0, 0.05) is 13.1 Å². The fraction of sp³-hybridized carbons (Fsp3) is 0.500. The Morgan fingerprint density at radius 2 is 1.90 bits per heavy atom. The first kappa shape index (κ1) is 17.3. The van der Waals surface area contributed by atoms with E-state index in [1.807, 2.05) is 0 Å². The molecule has 0 amide bonds. The molecule has 0 aliphatic heterocycles. The zero-order chi connectivity index (χ0) is 15.7. The summed E-state index contributed by atoms with van der Waals surface area (Å²) in [6.45, 7) is 1.79. The summed E-state index contributed by atoms with van der Waals surface area (Å²) >= 11 is 0. The van der Waals surface area contributed by atoms with Crippen LogP contribution in [0, 0.1) is 0 Å². The predicted octanol–water partition coefficient (Wildman–Crippen LogP) is 2.67. The summed E-state index contributed by atoms with van der Waals surface area (Å²) in [5.41, 5.74) is 0.887. The van der Waals surface area contributed by atoms with Crippen LogP contribution in [0.1, 0.15) is 18.9 Å². The molecule has 0 saturated heterocycles. The zero-order valence-corrected chi connectivity index (χ0v) is 11.7. The van der Waals surface area contributed by atoms with Gasteiger partial charge in [-0.15, -0.1) is 0 Å². The van der Waals surface area contributed by atoms with Crippen molar-refractivity contribution in [3.8, 4) is 5.75 Å². The summed E-state index contributed by atoms with van der Waals surface area (Å²) in [6.07, 6.45) is -4.06. The van der Waals surface area contributed by atoms with Crippen molar-refractivity contribution in [3.05, 3.63) is 29.8 Å². The van der Waals surface area contributed by atoms with Crippen molar-refractivity contribution in [2.75, 3.05) is 19.8 Å². The molecule has 0 aliphatic carbocycles. The van der Waals surface area contributed by atoms with Crippen molar-refractivity contribution in [1.29, 1.82) is 0 Å². The fourth-order valence-electron chi connectivity index (χ4n) is 1.53. The minimum Gasteiger partial charge on any atom is -0.484 e. The largest absolute Gasteiger partial charge is 0.484 e. The van der Waals surface area contributed by atoms with E-state index in [4.69, 9.17) is 4.74 Å². The van der Waals surface area contributed by atoms with Crippen molar-refractivity contribution >= 4 is 5.97 Å². The third kappa shape index (κ3) is 8.19. The number of carbonyl (C=O) groups excluding carboxylic acids is 1. The third-order valence-electron chi connectivity index (χ3n) is 2.47. The number of ether oxygens (including phenoxy) is 2. The molecule has 21 heavy (non-hydrogen) atoms. The van der Waals surface area contributed by atoms with Crippen molar-refractivity contribution in [1.82, 2.24) is 5.32 Å². The molecular weight excluding hydrogens is 287 g/mol. The van der Waals surface area contributed by atoms with Crippen LogP contribution >= 0.6 is 0 Å². The van der Waals surface area contributed by atoms with E-state index < -0.39 is 12.8 Å². The molecule has 0 heterocycles. The molecule has 1 rings (SSSR count). The lowest BCUT2D eigenvalue weighted by atomic mass is 10.2. The Morgan fingerprint density at radius 1 is 1.24 bits per heavy atom. The Hall–Kier alpha value is -1.76. The Kier molecular flexibility index (Phi) is 7.01. The number of nitrogens with one attached hydrogen (secondary N) is 1. The summed E-state index contributed by atoms with van der Waals surface area (Å²) in [7, 11) is 0. The lowest BCUT2D eigenvalue weighted by Crippen LogP contribution is -2.19. The van der Waals surface area contributed by atoms with Crippen LogP contribution in [0.3, 0.4) is 0 Å². The van der Waals surface area contributed by atoms with Crippen LogP contribution in [-0.4, -0.2) is 31.9 Å². The van der Waals surface area contributed by atoms with E-state index in [-0.39, 0.29) is 18.1 Å². The highest BCUT2D eigenvalue weighted by Crippen LogP contribution is 2.18. The highest BCUT2D eigenvalue weighted by Gasteiger charge is 2.28. The molecule has 0 fully saturated rings.